The molecule has 0 aromatic carbocycles. The van der Waals surface area contributed by atoms with Gasteiger partial charge >= 0.3 is 19.5 Å². The average molecular weight is 1520 g/mol. The van der Waals surface area contributed by atoms with Gasteiger partial charge < -0.3 is 18.2 Å². The first-order valence-electron chi connectivity index (χ1n) is 38.0. The largest absolute Gasteiger partial charge is 4.00 e. The van der Waals surface area contributed by atoms with Crippen molar-refractivity contribution in [2.45, 2.75) is 299 Å². The average Bonchev–Trinajstić information content (AvgIpc) is 1.64. The number of hydrogen-bond acceptors (Lipinski definition) is 28. The third-order valence-electron chi connectivity index (χ3n) is 29.2. The van der Waals surface area contributed by atoms with Gasteiger partial charge in [0.1, 0.15) is 0 Å². The van der Waals surface area contributed by atoms with E-state index in [4.69, 9.17) is 0 Å². The fraction of sp³-hybridized carbons (Fsp3) is 1.00. The Morgan fingerprint density at radius 3 is 0.474 bits per heavy atom. The summed E-state index contributed by atoms with van der Waals surface area (Å²) in [5, 5.41) is 55.4. The topological polar surface area (TPSA) is 421 Å². The van der Waals surface area contributed by atoms with Gasteiger partial charge in [0, 0.05) is 11.8 Å². The minimum Gasteiger partial charge on any atom is -0.748 e. The van der Waals surface area contributed by atoms with Gasteiger partial charge in [-0.1, -0.05) is 77.0 Å². The number of fused-ring (bicyclic) bond motifs is 40. The molecule has 16 bridgehead atoms. The Labute approximate surface area is 587 Å². The molecule has 36 atom stereocenters. The Balaban J connectivity index is 0.000000151. The van der Waals surface area contributed by atoms with Gasteiger partial charge in [0.05, 0.1) is 160 Å². The first-order chi connectivity index (χ1) is 46.1. The quantitative estimate of drug-likeness (QED) is 0.122. The summed E-state index contributed by atoms with van der Waals surface area (Å²) in [5.74, 6) is 2.83. The van der Waals surface area contributed by atoms with Gasteiger partial charge in [-0.3, -0.25) is 85.1 Å². The Morgan fingerprint density at radius 2 is 0.330 bits per heavy atom. The van der Waals surface area contributed by atoms with Gasteiger partial charge in [0.15, 0.2) is 0 Å². The smallest absolute Gasteiger partial charge is 0.748 e. The number of hydrogen-bond donors (Lipinski definition) is 16. The molecule has 0 aromatic heterocycles. The Kier molecular flexibility index (Phi) is 20.3. The van der Waals surface area contributed by atoms with E-state index in [-0.39, 0.29) is 130 Å². The molecule has 18 aliphatic rings. The third-order valence-corrected chi connectivity index (χ3v) is 34.7. The van der Waals surface area contributed by atoms with Gasteiger partial charge in [-0.2, -0.15) is 0 Å². The Morgan fingerprint density at radius 1 is 0.186 bits per heavy atom. The zero-order chi connectivity index (χ0) is 65.9. The summed E-state index contributed by atoms with van der Waals surface area (Å²) in [4.78, 5) is 0. The molecule has 97 heavy (non-hydrogen) atoms. The van der Waals surface area contributed by atoms with Crippen LogP contribution in [0.4, 0.5) is 0 Å². The zero-order valence-corrected chi connectivity index (χ0v) is 60.5. The fourth-order valence-electron chi connectivity index (χ4n) is 25.3. The Hall–Kier alpha value is -0.377. The van der Waals surface area contributed by atoms with Gasteiger partial charge in [0.2, 0.25) is 0 Å². The molecule has 8 saturated carbocycles. The normalized spacial score (nSPS) is 53.2. The standard InChI is InChI=1S/2C32H56N8O6S2.Ru/c2*41-47(42,43)22-14-13-21-23(24(22)48(44,45)46)32-39-30-20-12-6-5-11-19(20)28(37-30)35-26-16-8-2-1-7-15(16)25(33-26)34-27-17-9-3-4-10-18(17)29(36-27)38-31(21)40-32;/h2*15-40H,1-14H2,(H,41,42,43)(H,44,45,46);/q;;+4/p-4. The zero-order valence-electron chi connectivity index (χ0n) is 55.5. The van der Waals surface area contributed by atoms with E-state index in [1.54, 1.807) is 0 Å². The predicted molar refractivity (Wildman–Crippen MR) is 350 cm³/mol. The first kappa shape index (κ1) is 70.9. The van der Waals surface area contributed by atoms with Crippen molar-refractivity contribution in [3.8, 4) is 0 Å². The molecule has 8 aliphatic carbocycles. The van der Waals surface area contributed by atoms with Crippen LogP contribution in [0.5, 0.6) is 0 Å². The van der Waals surface area contributed by atoms with E-state index in [1.165, 1.54) is 64.2 Å². The van der Waals surface area contributed by atoms with Crippen LogP contribution >= 0.6 is 0 Å². The van der Waals surface area contributed by atoms with Crippen molar-refractivity contribution in [1.82, 2.24) is 85.1 Å². The maximum Gasteiger partial charge on any atom is 4.00 e. The van der Waals surface area contributed by atoms with E-state index in [2.05, 4.69) is 85.1 Å². The van der Waals surface area contributed by atoms with Gasteiger partial charge in [-0.05, 0) is 186 Å². The maximum atomic E-state index is 13.0. The molecule has 548 valence electrons. The maximum absolute atomic E-state index is 13.0. The van der Waals surface area contributed by atoms with Crippen LogP contribution in [-0.4, -0.2) is 172 Å². The molecule has 33 heteroatoms. The van der Waals surface area contributed by atoms with Crippen molar-refractivity contribution in [3.63, 3.8) is 0 Å². The molecule has 28 nitrogen and oxygen atoms in total. The van der Waals surface area contributed by atoms with E-state index in [9.17, 15) is 51.9 Å². The SMILES string of the molecule is O=S(=O)([O-])C1CCC2C3NC4NC(NC5NC(NC6NC(NC(N3)C2C1S(=O)(=O)[O-])C1CCCCC61)C1CCCCC51)C1CCCCC41.O=S(=O)([O-])C1CCC2C3NC4NC(NC5NC(NC6NC(NC(N3)C2C1S(=O)(=O)[O-])C1CCCCC61)C1CCCCC51)C1CCCCC41.[Ru+4]. The summed E-state index contributed by atoms with van der Waals surface area (Å²) in [6.45, 7) is 0. The van der Waals surface area contributed by atoms with Gasteiger partial charge in [-0.25, -0.2) is 33.7 Å². The van der Waals surface area contributed by atoms with Crippen molar-refractivity contribution >= 4 is 40.5 Å². The molecular formula is C64H108N16O12RuS4. The summed E-state index contributed by atoms with van der Waals surface area (Å²) >= 11 is 0. The second-order valence-corrected chi connectivity index (χ2v) is 39.8. The van der Waals surface area contributed by atoms with Crippen LogP contribution in [0.25, 0.3) is 0 Å². The van der Waals surface area contributed by atoms with Crippen LogP contribution < -0.4 is 85.1 Å². The molecule has 10 aliphatic heterocycles. The van der Waals surface area contributed by atoms with E-state index in [0.29, 0.717) is 83.9 Å². The summed E-state index contributed by atoms with van der Waals surface area (Å²) < 4.78 is 153. The molecule has 16 N–H and O–H groups in total. The predicted octanol–water partition coefficient (Wildman–Crippen LogP) is -0.697. The molecule has 10 saturated heterocycles. The van der Waals surface area contributed by atoms with E-state index >= 15 is 0 Å². The molecular weight excluding hydrogens is 1410 g/mol. The first-order valence-corrected chi connectivity index (χ1v) is 43.9. The minimum absolute atomic E-state index is 0. The third kappa shape index (κ3) is 13.2. The van der Waals surface area contributed by atoms with E-state index in [1.807, 2.05) is 0 Å². The number of rotatable bonds is 4. The second-order valence-electron chi connectivity index (χ2n) is 33.6. The van der Waals surface area contributed by atoms with Crippen LogP contribution in [0.15, 0.2) is 0 Å². The van der Waals surface area contributed by atoms with Gasteiger partial charge in [-0.15, -0.1) is 0 Å². The molecule has 0 spiro atoms. The summed E-state index contributed by atoms with van der Waals surface area (Å²) in [6.07, 6.45) is 27.1. The van der Waals surface area contributed by atoms with Crippen LogP contribution in [0.3, 0.4) is 0 Å². The monoisotopic (exact) mass is 1520 g/mol. The Bertz CT molecular complexity index is 3100. The van der Waals surface area contributed by atoms with Crippen LogP contribution in [0, 0.1) is 94.7 Å². The van der Waals surface area contributed by atoms with Crippen molar-refractivity contribution < 1.29 is 71.4 Å². The molecule has 18 fully saturated rings. The summed E-state index contributed by atoms with van der Waals surface area (Å²) in [5.41, 5.74) is 0. The molecule has 36 unspecified atom stereocenters. The van der Waals surface area contributed by atoms with Gasteiger partial charge in [0.25, 0.3) is 0 Å². The molecule has 18 rings (SSSR count). The second kappa shape index (κ2) is 27.8. The number of nitrogens with one attached hydrogen (secondary N) is 16. The summed E-state index contributed by atoms with van der Waals surface area (Å²) in [7, 11) is -20.3. The molecule has 0 amide bonds. The van der Waals surface area contributed by atoms with Crippen LogP contribution in [-0.2, 0) is 60.0 Å². The van der Waals surface area contributed by atoms with Crippen molar-refractivity contribution in [1.29, 1.82) is 0 Å². The van der Waals surface area contributed by atoms with Crippen molar-refractivity contribution in [2.75, 3.05) is 0 Å². The molecule has 0 aromatic rings. The van der Waals surface area contributed by atoms with Crippen LogP contribution in [0.1, 0.15) is 180 Å². The van der Waals surface area contributed by atoms with Crippen LogP contribution in [0.2, 0.25) is 0 Å². The van der Waals surface area contributed by atoms with E-state index in [0.717, 1.165) is 89.9 Å². The molecule has 0 radical (unpaired) electrons. The van der Waals surface area contributed by atoms with Crippen molar-refractivity contribution in [3.05, 3.63) is 0 Å². The minimum atomic E-state index is -5.12. The molecule has 10 heterocycles. The van der Waals surface area contributed by atoms with Crippen molar-refractivity contribution in [2.24, 2.45) is 94.7 Å². The fourth-order valence-corrected chi connectivity index (χ4v) is 31.3. The van der Waals surface area contributed by atoms with E-state index < -0.39 is 85.6 Å². The summed E-state index contributed by atoms with van der Waals surface area (Å²) in [6, 6.07) is 0.